The summed E-state index contributed by atoms with van der Waals surface area (Å²) in [7, 11) is 1.41. The summed E-state index contributed by atoms with van der Waals surface area (Å²) in [5, 5.41) is 5.41. The van der Waals surface area contributed by atoms with Gasteiger partial charge in [-0.3, -0.25) is 14.4 Å². The Morgan fingerprint density at radius 1 is 1.23 bits per heavy atom. The van der Waals surface area contributed by atoms with Crippen molar-refractivity contribution < 1.29 is 14.0 Å². The van der Waals surface area contributed by atoms with E-state index >= 15 is 0 Å². The van der Waals surface area contributed by atoms with E-state index in [1.807, 2.05) is 0 Å². The molecule has 0 radical (unpaired) electrons. The molecule has 0 atom stereocenters. The second-order valence-corrected chi connectivity index (χ2v) is 8.95. The van der Waals surface area contributed by atoms with Crippen molar-refractivity contribution in [3.8, 4) is 0 Å². The van der Waals surface area contributed by atoms with Crippen molar-refractivity contribution in [1.82, 2.24) is 15.2 Å². The van der Waals surface area contributed by atoms with Crippen molar-refractivity contribution in [3.05, 3.63) is 68.9 Å². The molecule has 2 fully saturated rings. The number of nitrogens with one attached hydrogen (secondary N) is 2. The predicted octanol–water partition coefficient (Wildman–Crippen LogP) is 1.70. The minimum absolute atomic E-state index is 0.0537. The maximum absolute atomic E-state index is 14.5. The van der Waals surface area contributed by atoms with Crippen molar-refractivity contribution in [2.24, 2.45) is 11.1 Å². The summed E-state index contributed by atoms with van der Waals surface area (Å²) in [4.78, 5) is 38.0. The van der Waals surface area contributed by atoms with Crippen LogP contribution in [0.1, 0.15) is 57.5 Å². The summed E-state index contributed by atoms with van der Waals surface area (Å²) >= 11 is 0. The van der Waals surface area contributed by atoms with Crippen LogP contribution < -0.4 is 21.9 Å². The number of carbonyl (C=O) groups excluding carboxylic acids is 2. The highest BCUT2D eigenvalue weighted by Gasteiger charge is 2.52. The summed E-state index contributed by atoms with van der Waals surface area (Å²) < 4.78 is 15.7. The van der Waals surface area contributed by atoms with Crippen LogP contribution in [0.2, 0.25) is 0 Å². The average Bonchev–Trinajstić information content (AvgIpc) is 2.69. The molecule has 2 amide bonds. The van der Waals surface area contributed by atoms with E-state index in [2.05, 4.69) is 10.6 Å². The molecule has 2 aliphatic rings. The Bertz CT molecular complexity index is 1100. The van der Waals surface area contributed by atoms with E-state index < -0.39 is 17.3 Å². The number of benzene rings is 1. The van der Waals surface area contributed by atoms with Crippen molar-refractivity contribution in [1.29, 1.82) is 0 Å². The van der Waals surface area contributed by atoms with Gasteiger partial charge in [0.25, 0.3) is 17.4 Å². The van der Waals surface area contributed by atoms with E-state index in [1.54, 1.807) is 25.1 Å². The minimum atomic E-state index is -0.593. The third-order valence-electron chi connectivity index (χ3n) is 6.52. The van der Waals surface area contributed by atoms with Crippen molar-refractivity contribution in [2.75, 3.05) is 7.05 Å². The molecule has 1 spiro atoms. The molecule has 0 unspecified atom stereocenters. The van der Waals surface area contributed by atoms with E-state index in [0.29, 0.717) is 11.1 Å². The number of halogens is 1. The Labute approximate surface area is 179 Å². The fourth-order valence-electron chi connectivity index (χ4n) is 4.93. The number of hydrogen-bond acceptors (Lipinski definition) is 4. The zero-order chi connectivity index (χ0) is 22.3. The fraction of sp³-hybridized carbons (Fsp3) is 0.435. The highest BCUT2D eigenvalue weighted by atomic mass is 19.1. The van der Waals surface area contributed by atoms with Gasteiger partial charge in [0, 0.05) is 30.9 Å². The van der Waals surface area contributed by atoms with Gasteiger partial charge in [-0.2, -0.15) is 0 Å². The first kappa shape index (κ1) is 21.2. The quantitative estimate of drug-likeness (QED) is 0.677. The summed E-state index contributed by atoms with van der Waals surface area (Å²) in [5.74, 6) is -1.36. The number of hydrogen-bond donors (Lipinski definition) is 3. The van der Waals surface area contributed by atoms with Crippen LogP contribution >= 0.6 is 0 Å². The lowest BCUT2D eigenvalue weighted by Gasteiger charge is -2.57. The number of amides is 2. The van der Waals surface area contributed by atoms with E-state index in [4.69, 9.17) is 5.73 Å². The average molecular weight is 426 g/mol. The molecule has 1 aromatic heterocycles. The summed E-state index contributed by atoms with van der Waals surface area (Å²) in [5.41, 5.74) is 6.39. The van der Waals surface area contributed by atoms with E-state index in [1.165, 1.54) is 23.9 Å². The third-order valence-corrected chi connectivity index (χ3v) is 6.52. The smallest absolute Gasteiger partial charge is 0.263 e. The van der Waals surface area contributed by atoms with Crippen LogP contribution in [0, 0.1) is 18.2 Å². The molecule has 4 N–H and O–H groups in total. The van der Waals surface area contributed by atoms with Crippen LogP contribution in [0.15, 0.2) is 35.3 Å². The van der Waals surface area contributed by atoms with Crippen LogP contribution in [-0.4, -0.2) is 35.5 Å². The molecule has 4 rings (SSSR count). The van der Waals surface area contributed by atoms with Gasteiger partial charge < -0.3 is 20.9 Å². The second kappa shape index (κ2) is 7.92. The maximum Gasteiger partial charge on any atom is 0.263 e. The third kappa shape index (κ3) is 3.99. The Balaban J connectivity index is 1.59. The zero-order valence-electron chi connectivity index (χ0n) is 17.7. The number of pyridine rings is 1. The predicted molar refractivity (Wildman–Crippen MR) is 114 cm³/mol. The van der Waals surface area contributed by atoms with Crippen molar-refractivity contribution >= 4 is 11.8 Å². The van der Waals surface area contributed by atoms with Gasteiger partial charge in [-0.1, -0.05) is 18.2 Å². The Morgan fingerprint density at radius 2 is 1.94 bits per heavy atom. The van der Waals surface area contributed by atoms with Gasteiger partial charge in [-0.25, -0.2) is 4.39 Å². The lowest BCUT2D eigenvalue weighted by molar-refractivity contribution is -0.0159. The normalized spacial score (nSPS) is 24.3. The maximum atomic E-state index is 14.5. The molecule has 2 aromatic rings. The number of aryl methyl sites for hydroxylation is 1. The van der Waals surface area contributed by atoms with Crippen LogP contribution in [0.5, 0.6) is 0 Å². The first-order valence-corrected chi connectivity index (χ1v) is 10.5. The molecule has 1 aromatic carbocycles. The van der Waals surface area contributed by atoms with Gasteiger partial charge in [0.05, 0.1) is 12.1 Å². The Kier molecular flexibility index (Phi) is 5.43. The summed E-state index contributed by atoms with van der Waals surface area (Å²) in [6, 6.07) is 6.54. The highest BCUT2D eigenvalue weighted by Crippen LogP contribution is 2.55. The number of aromatic nitrogens is 1. The van der Waals surface area contributed by atoms with Gasteiger partial charge in [-0.05, 0) is 49.7 Å². The summed E-state index contributed by atoms with van der Waals surface area (Å²) in [6.45, 7) is 1.56. The molecular weight excluding hydrogens is 399 g/mol. The largest absolute Gasteiger partial charge is 0.355 e. The Morgan fingerprint density at radius 3 is 2.58 bits per heavy atom. The highest BCUT2D eigenvalue weighted by molar-refractivity contribution is 5.99. The standard InChI is InChI=1S/C23H27FN4O3/c1-13-4-3-5-14(19(13)24)11-28-12-15(6-18(22(28)31)21(30)26-2)20(29)27-17-9-23(10-17)7-16(25)8-23/h3-6,12,16-17H,7-11,25H2,1-2H3,(H,26,30)(H,27,29). The number of nitrogens with two attached hydrogens (primary N) is 1. The first-order chi connectivity index (χ1) is 14.7. The molecule has 0 aliphatic heterocycles. The fourth-order valence-corrected chi connectivity index (χ4v) is 4.93. The monoisotopic (exact) mass is 426 g/mol. The van der Waals surface area contributed by atoms with E-state index in [9.17, 15) is 18.8 Å². The number of carbonyl (C=O) groups is 2. The molecule has 2 aliphatic carbocycles. The Hall–Kier alpha value is -3.00. The topological polar surface area (TPSA) is 106 Å². The minimum Gasteiger partial charge on any atom is -0.355 e. The molecule has 2 saturated carbocycles. The molecule has 164 valence electrons. The number of rotatable bonds is 5. The van der Waals surface area contributed by atoms with Crippen molar-refractivity contribution in [2.45, 2.75) is 51.2 Å². The van der Waals surface area contributed by atoms with Gasteiger partial charge >= 0.3 is 0 Å². The van der Waals surface area contributed by atoms with Gasteiger partial charge in [0.1, 0.15) is 11.4 Å². The molecule has 1 heterocycles. The summed E-state index contributed by atoms with van der Waals surface area (Å²) in [6.07, 6.45) is 5.16. The second-order valence-electron chi connectivity index (χ2n) is 8.95. The van der Waals surface area contributed by atoms with E-state index in [0.717, 1.165) is 25.7 Å². The van der Waals surface area contributed by atoms with Crippen LogP contribution in [0.3, 0.4) is 0 Å². The molecular formula is C23H27FN4O3. The molecule has 8 heteroatoms. The van der Waals surface area contributed by atoms with Crippen LogP contribution in [-0.2, 0) is 6.54 Å². The zero-order valence-corrected chi connectivity index (χ0v) is 17.7. The van der Waals surface area contributed by atoms with E-state index in [-0.39, 0.29) is 41.1 Å². The molecule has 0 bridgehead atoms. The van der Waals surface area contributed by atoms with Crippen LogP contribution in [0.4, 0.5) is 4.39 Å². The molecule has 7 nitrogen and oxygen atoms in total. The SMILES string of the molecule is CNC(=O)c1cc(C(=O)NC2CC3(CC(N)C3)C2)cn(Cc2cccc(C)c2F)c1=O. The first-order valence-electron chi connectivity index (χ1n) is 10.5. The molecule has 0 saturated heterocycles. The molecule has 31 heavy (non-hydrogen) atoms. The van der Waals surface area contributed by atoms with Gasteiger partial charge in [0.15, 0.2) is 0 Å². The number of nitrogens with zero attached hydrogens (tertiary/aromatic N) is 1. The lowest BCUT2D eigenvalue weighted by Crippen LogP contribution is -2.59. The lowest BCUT2D eigenvalue weighted by atomic mass is 9.52. The van der Waals surface area contributed by atoms with Crippen molar-refractivity contribution in [3.63, 3.8) is 0 Å². The van der Waals surface area contributed by atoms with Gasteiger partial charge in [0.2, 0.25) is 0 Å². The van der Waals surface area contributed by atoms with Gasteiger partial charge in [-0.15, -0.1) is 0 Å². The van der Waals surface area contributed by atoms with Crippen LogP contribution in [0.25, 0.3) is 0 Å².